The minimum absolute atomic E-state index is 0.270. The molecule has 0 fully saturated rings. The Bertz CT molecular complexity index is 383. The molecule has 1 atom stereocenters. The highest BCUT2D eigenvalue weighted by atomic mass is 32.2. The average Bonchev–Trinajstić information content (AvgIpc) is 2.81. The molecular formula is C12H21N3O2S. The van der Waals surface area contributed by atoms with Crippen LogP contribution in [0.25, 0.3) is 0 Å². The van der Waals surface area contributed by atoms with Crippen LogP contribution in [0, 0.1) is 0 Å². The Morgan fingerprint density at radius 3 is 3.06 bits per heavy atom. The van der Waals surface area contributed by atoms with Gasteiger partial charge in [0.25, 0.3) is 0 Å². The molecule has 1 aliphatic heterocycles. The molecule has 0 saturated carbocycles. The Morgan fingerprint density at radius 1 is 1.50 bits per heavy atom. The third kappa shape index (κ3) is 3.26. The van der Waals surface area contributed by atoms with Crippen LogP contribution in [0.4, 0.5) is 0 Å². The van der Waals surface area contributed by atoms with Gasteiger partial charge in [0.05, 0.1) is 24.5 Å². The first-order valence-electron chi connectivity index (χ1n) is 6.31. The van der Waals surface area contributed by atoms with Crippen molar-refractivity contribution in [3.63, 3.8) is 0 Å². The highest BCUT2D eigenvalue weighted by Gasteiger charge is 2.20. The molecule has 6 heteroatoms. The number of nitrogens with zero attached hydrogens (tertiary/aromatic N) is 3. The van der Waals surface area contributed by atoms with E-state index in [1.54, 1.807) is 0 Å². The molecule has 0 aliphatic carbocycles. The molecule has 0 radical (unpaired) electrons. The number of rotatable bonds is 6. The molecule has 1 aromatic rings. The van der Waals surface area contributed by atoms with E-state index < -0.39 is 6.10 Å². The molecule has 2 rings (SSSR count). The third-order valence-electron chi connectivity index (χ3n) is 3.23. The normalized spacial score (nSPS) is 17.7. The van der Waals surface area contributed by atoms with Gasteiger partial charge in [-0.25, -0.2) is 0 Å². The van der Waals surface area contributed by atoms with Crippen LogP contribution < -0.4 is 0 Å². The number of thioether (sulfide) groups is 1. The van der Waals surface area contributed by atoms with Gasteiger partial charge in [0.1, 0.15) is 6.10 Å². The number of aliphatic hydroxyl groups is 2. The maximum atomic E-state index is 9.58. The summed E-state index contributed by atoms with van der Waals surface area (Å²) in [7, 11) is 0. The van der Waals surface area contributed by atoms with Gasteiger partial charge in [-0.05, 0) is 31.0 Å². The van der Waals surface area contributed by atoms with E-state index in [2.05, 4.69) is 16.3 Å². The summed E-state index contributed by atoms with van der Waals surface area (Å²) in [6.45, 7) is 3.61. The van der Waals surface area contributed by atoms with E-state index in [9.17, 15) is 5.11 Å². The van der Waals surface area contributed by atoms with Gasteiger partial charge in [0.15, 0.2) is 0 Å². The second kappa shape index (κ2) is 6.56. The predicted molar refractivity (Wildman–Crippen MR) is 72.5 cm³/mol. The Morgan fingerprint density at radius 2 is 2.33 bits per heavy atom. The van der Waals surface area contributed by atoms with Gasteiger partial charge in [-0.1, -0.05) is 0 Å². The van der Waals surface area contributed by atoms with Crippen molar-refractivity contribution in [2.75, 3.05) is 31.7 Å². The van der Waals surface area contributed by atoms with Gasteiger partial charge in [-0.2, -0.15) is 16.9 Å². The highest BCUT2D eigenvalue weighted by molar-refractivity contribution is 7.98. The van der Waals surface area contributed by atoms with Crippen molar-refractivity contribution in [3.8, 4) is 0 Å². The summed E-state index contributed by atoms with van der Waals surface area (Å²) in [5, 5.41) is 22.8. The van der Waals surface area contributed by atoms with Crippen LogP contribution in [-0.4, -0.2) is 56.6 Å². The van der Waals surface area contributed by atoms with Crippen molar-refractivity contribution >= 4 is 11.8 Å². The van der Waals surface area contributed by atoms with Crippen molar-refractivity contribution in [2.45, 2.75) is 25.6 Å². The van der Waals surface area contributed by atoms with Crippen LogP contribution in [0.5, 0.6) is 0 Å². The predicted octanol–water partition coefficient (Wildman–Crippen LogP) is 0.477. The monoisotopic (exact) mass is 271 g/mol. The van der Waals surface area contributed by atoms with Crippen molar-refractivity contribution < 1.29 is 10.2 Å². The molecule has 2 N–H and O–H groups in total. The Hall–Kier alpha value is -0.560. The van der Waals surface area contributed by atoms with E-state index in [1.807, 2.05) is 22.5 Å². The zero-order chi connectivity index (χ0) is 13.0. The van der Waals surface area contributed by atoms with Crippen LogP contribution >= 0.6 is 11.8 Å². The van der Waals surface area contributed by atoms with Crippen molar-refractivity contribution in [3.05, 3.63) is 17.5 Å². The lowest BCUT2D eigenvalue weighted by Gasteiger charge is -2.27. The van der Waals surface area contributed by atoms with Gasteiger partial charge in [-0.15, -0.1) is 0 Å². The van der Waals surface area contributed by atoms with E-state index in [-0.39, 0.29) is 6.61 Å². The van der Waals surface area contributed by atoms with Crippen LogP contribution in [-0.2, 0) is 13.1 Å². The molecule has 0 amide bonds. The van der Waals surface area contributed by atoms with Crippen molar-refractivity contribution in [1.29, 1.82) is 0 Å². The first-order valence-corrected chi connectivity index (χ1v) is 7.71. The summed E-state index contributed by atoms with van der Waals surface area (Å²) in [5.74, 6) is 1.20. The zero-order valence-electron chi connectivity index (χ0n) is 10.7. The molecule has 0 spiro atoms. The second-order valence-electron chi connectivity index (χ2n) is 4.60. The summed E-state index contributed by atoms with van der Waals surface area (Å²) in [6, 6.07) is 1.90. The quantitative estimate of drug-likeness (QED) is 0.737. The summed E-state index contributed by atoms with van der Waals surface area (Å²) in [4.78, 5) is 2.42. The minimum atomic E-state index is -0.854. The minimum Gasteiger partial charge on any atom is -0.393 e. The first kappa shape index (κ1) is 13.9. The number of hydrogen-bond donors (Lipinski definition) is 2. The third-order valence-corrected chi connectivity index (χ3v) is 3.93. The molecular weight excluding hydrogens is 250 g/mol. The van der Waals surface area contributed by atoms with Gasteiger partial charge in [0.2, 0.25) is 0 Å². The number of aliphatic hydroxyl groups excluding tert-OH is 2. The molecule has 2 heterocycles. The molecule has 18 heavy (non-hydrogen) atoms. The summed E-state index contributed by atoms with van der Waals surface area (Å²) in [6.07, 6.45) is 2.49. The largest absolute Gasteiger partial charge is 0.393 e. The molecule has 0 aromatic carbocycles. The van der Waals surface area contributed by atoms with Crippen LogP contribution in [0.3, 0.4) is 0 Å². The van der Waals surface area contributed by atoms with E-state index in [0.29, 0.717) is 5.69 Å². The average molecular weight is 271 g/mol. The molecule has 0 bridgehead atoms. The highest BCUT2D eigenvalue weighted by Crippen LogP contribution is 2.18. The fraction of sp³-hybridized carbons (Fsp3) is 0.750. The lowest BCUT2D eigenvalue weighted by Crippen LogP contribution is -2.34. The van der Waals surface area contributed by atoms with Gasteiger partial charge in [0, 0.05) is 13.1 Å². The topological polar surface area (TPSA) is 61.5 Å². The molecule has 0 unspecified atom stereocenters. The first-order chi connectivity index (χ1) is 8.74. The Kier molecular flexibility index (Phi) is 5.05. The number of aromatic nitrogens is 2. The van der Waals surface area contributed by atoms with Gasteiger partial charge < -0.3 is 10.2 Å². The van der Waals surface area contributed by atoms with E-state index in [0.717, 1.165) is 31.9 Å². The lowest BCUT2D eigenvalue weighted by atomic mass is 10.2. The molecule has 0 saturated heterocycles. The maximum Gasteiger partial charge on any atom is 0.121 e. The van der Waals surface area contributed by atoms with Crippen LogP contribution in [0.2, 0.25) is 0 Å². The number of hydrogen-bond acceptors (Lipinski definition) is 5. The number of fused-ring (bicyclic) bond motifs is 1. The molecule has 102 valence electrons. The van der Waals surface area contributed by atoms with Gasteiger partial charge in [-0.3, -0.25) is 9.58 Å². The van der Waals surface area contributed by atoms with Gasteiger partial charge >= 0.3 is 0 Å². The van der Waals surface area contributed by atoms with E-state index in [1.165, 1.54) is 12.2 Å². The van der Waals surface area contributed by atoms with Crippen LogP contribution in [0.15, 0.2) is 6.07 Å². The smallest absolute Gasteiger partial charge is 0.121 e. The SMILES string of the molecule is CSCCCN1CCn2nc([C@@H](O)CO)cc2C1. The molecule has 5 nitrogen and oxygen atoms in total. The van der Waals surface area contributed by atoms with Crippen LogP contribution in [0.1, 0.15) is 23.9 Å². The van der Waals surface area contributed by atoms with Crippen molar-refractivity contribution in [1.82, 2.24) is 14.7 Å². The summed E-state index contributed by atoms with van der Waals surface area (Å²) >= 11 is 1.88. The second-order valence-corrected chi connectivity index (χ2v) is 5.59. The zero-order valence-corrected chi connectivity index (χ0v) is 11.6. The fourth-order valence-corrected chi connectivity index (χ4v) is 2.64. The van der Waals surface area contributed by atoms with E-state index in [4.69, 9.17) is 5.11 Å². The summed E-state index contributed by atoms with van der Waals surface area (Å²) in [5.41, 5.74) is 1.71. The Balaban J connectivity index is 1.94. The van der Waals surface area contributed by atoms with Crippen molar-refractivity contribution in [2.24, 2.45) is 0 Å². The molecule has 1 aliphatic rings. The van der Waals surface area contributed by atoms with E-state index >= 15 is 0 Å². The lowest BCUT2D eigenvalue weighted by molar-refractivity contribution is 0.0915. The fourth-order valence-electron chi connectivity index (χ4n) is 2.22. The summed E-state index contributed by atoms with van der Waals surface area (Å²) < 4.78 is 1.94. The molecule has 1 aromatic heterocycles. The Labute approximate surface area is 112 Å². The standard InChI is InChI=1S/C12H21N3O2S/c1-18-6-2-3-14-4-5-15-10(8-14)7-11(13-15)12(17)9-16/h7,12,16-17H,2-6,8-9H2,1H3/t12-/m0/s1. The maximum absolute atomic E-state index is 9.58.